The van der Waals surface area contributed by atoms with Crippen molar-refractivity contribution in [1.29, 1.82) is 0 Å². The third-order valence-corrected chi connectivity index (χ3v) is 7.38. The van der Waals surface area contributed by atoms with Crippen LogP contribution in [0.1, 0.15) is 5.56 Å². The molecule has 4 rings (SSSR count). The van der Waals surface area contributed by atoms with E-state index in [1.807, 2.05) is 6.07 Å². The fourth-order valence-corrected chi connectivity index (χ4v) is 4.78. The van der Waals surface area contributed by atoms with E-state index in [4.69, 9.17) is 14.6 Å². The number of ether oxygens (including phenoxy) is 2. The van der Waals surface area contributed by atoms with Crippen LogP contribution in [0.4, 0.5) is 27.5 Å². The zero-order valence-electron chi connectivity index (χ0n) is 27.3. The number of methoxy groups -OCH3 is 1. The lowest BCUT2D eigenvalue weighted by molar-refractivity contribution is -0.136. The molecule has 5 amide bonds. The molecule has 0 aliphatic heterocycles. The Labute approximate surface area is 283 Å². The second kappa shape index (κ2) is 17.0. The second-order valence-electron chi connectivity index (χ2n) is 10.7. The summed E-state index contributed by atoms with van der Waals surface area (Å²) in [6.45, 7) is -1.32. The lowest BCUT2D eigenvalue weighted by atomic mass is 10.1. The third-order valence-electron chi connectivity index (χ3n) is 7.38. The number of carbonyl (C=O) groups excluding carboxylic acids is 4. The van der Waals surface area contributed by atoms with E-state index in [1.54, 1.807) is 105 Å². The Morgan fingerprint density at radius 3 is 2.06 bits per heavy atom. The van der Waals surface area contributed by atoms with Crippen LogP contribution < -0.4 is 34.8 Å². The van der Waals surface area contributed by atoms with Gasteiger partial charge in [-0.3, -0.25) is 24.1 Å². The topological polar surface area (TPSA) is 158 Å². The Bertz CT molecular complexity index is 1800. The molecule has 0 aromatic heterocycles. The SMILES string of the molecule is COc1ccccc1N(C)C(=O)COc1ccccc1N(CC(=O)N(C)c1ccccc1)C(=O)CNC(=O)Nc1cccc(CC(=O)O)c1. The molecule has 254 valence electrons. The van der Waals surface area contributed by atoms with Gasteiger partial charge in [0.15, 0.2) is 6.61 Å². The van der Waals surface area contributed by atoms with Crippen LogP contribution in [-0.2, 0) is 25.6 Å². The molecule has 0 radical (unpaired) electrons. The summed E-state index contributed by atoms with van der Waals surface area (Å²) >= 11 is 0. The minimum atomic E-state index is -1.02. The highest BCUT2D eigenvalue weighted by molar-refractivity contribution is 6.06. The van der Waals surface area contributed by atoms with Crippen molar-refractivity contribution in [2.75, 3.05) is 60.9 Å². The lowest BCUT2D eigenvalue weighted by Gasteiger charge is -2.27. The predicted octanol–water partition coefficient (Wildman–Crippen LogP) is 4.18. The van der Waals surface area contributed by atoms with Crippen LogP contribution in [0.3, 0.4) is 0 Å². The molecule has 4 aromatic carbocycles. The van der Waals surface area contributed by atoms with Gasteiger partial charge < -0.3 is 35.0 Å². The molecule has 0 spiro atoms. The fourth-order valence-electron chi connectivity index (χ4n) is 4.78. The smallest absolute Gasteiger partial charge is 0.319 e. The molecule has 4 aromatic rings. The first kappa shape index (κ1) is 35.5. The molecule has 0 bridgehead atoms. The summed E-state index contributed by atoms with van der Waals surface area (Å²) in [6.07, 6.45) is -0.222. The summed E-state index contributed by atoms with van der Waals surface area (Å²) in [7, 11) is 4.67. The first-order valence-electron chi connectivity index (χ1n) is 15.2. The minimum Gasteiger partial charge on any atom is -0.495 e. The Hall–Kier alpha value is -6.37. The van der Waals surface area contributed by atoms with Crippen molar-refractivity contribution in [3.05, 3.63) is 109 Å². The number of para-hydroxylation sites is 5. The number of hydrogen-bond donors (Lipinski definition) is 3. The summed E-state index contributed by atoms with van der Waals surface area (Å²) in [4.78, 5) is 68.1. The van der Waals surface area contributed by atoms with Gasteiger partial charge >= 0.3 is 12.0 Å². The van der Waals surface area contributed by atoms with Crippen LogP contribution in [0.15, 0.2) is 103 Å². The number of aliphatic carboxylic acids is 1. The van der Waals surface area contributed by atoms with Gasteiger partial charge in [-0.25, -0.2) is 4.79 Å². The highest BCUT2D eigenvalue weighted by atomic mass is 16.5. The van der Waals surface area contributed by atoms with Gasteiger partial charge in [-0.05, 0) is 54.1 Å². The Morgan fingerprint density at radius 2 is 1.37 bits per heavy atom. The number of likely N-dealkylation sites (N-methyl/N-ethyl adjacent to an activating group) is 2. The van der Waals surface area contributed by atoms with E-state index >= 15 is 0 Å². The van der Waals surface area contributed by atoms with Gasteiger partial charge in [-0.1, -0.05) is 54.6 Å². The highest BCUT2D eigenvalue weighted by Gasteiger charge is 2.26. The number of urea groups is 1. The minimum absolute atomic E-state index is 0.160. The number of carbonyl (C=O) groups is 5. The Balaban J connectivity index is 1.52. The second-order valence-corrected chi connectivity index (χ2v) is 10.7. The number of rotatable bonds is 14. The standard InChI is InChI=1S/C36H37N5O8/c1-39(27-14-5-4-6-15-27)33(43)23-41(32(42)22-37-36(47)38-26-13-11-12-25(20-26)21-35(45)46)29-17-8-10-19-31(29)49-24-34(44)40(2)28-16-7-9-18-30(28)48-3/h4-20H,21-24H2,1-3H3,(H,45,46)(H2,37,38,47). The van der Waals surface area contributed by atoms with Gasteiger partial charge in [0, 0.05) is 25.5 Å². The van der Waals surface area contributed by atoms with Gasteiger partial charge in [-0.2, -0.15) is 0 Å². The largest absolute Gasteiger partial charge is 0.495 e. The van der Waals surface area contributed by atoms with Crippen molar-refractivity contribution in [1.82, 2.24) is 5.32 Å². The first-order valence-corrected chi connectivity index (χ1v) is 15.2. The van der Waals surface area contributed by atoms with Crippen LogP contribution in [0.2, 0.25) is 0 Å². The Morgan fingerprint density at radius 1 is 0.714 bits per heavy atom. The van der Waals surface area contributed by atoms with Crippen molar-refractivity contribution in [3.8, 4) is 11.5 Å². The molecular formula is C36H37N5O8. The molecule has 0 aliphatic rings. The molecule has 0 heterocycles. The van der Waals surface area contributed by atoms with Gasteiger partial charge in [0.1, 0.15) is 18.0 Å². The molecule has 49 heavy (non-hydrogen) atoms. The number of carboxylic acids is 1. The molecule has 13 heteroatoms. The maximum absolute atomic E-state index is 13.7. The van der Waals surface area contributed by atoms with Crippen molar-refractivity contribution < 1.29 is 38.6 Å². The lowest BCUT2D eigenvalue weighted by Crippen LogP contribution is -2.46. The maximum Gasteiger partial charge on any atom is 0.319 e. The molecule has 0 atom stereocenters. The van der Waals surface area contributed by atoms with Gasteiger partial charge in [0.05, 0.1) is 31.5 Å². The number of benzene rings is 4. The van der Waals surface area contributed by atoms with Crippen molar-refractivity contribution in [3.63, 3.8) is 0 Å². The maximum atomic E-state index is 13.7. The van der Waals surface area contributed by atoms with Gasteiger partial charge in [0.2, 0.25) is 11.8 Å². The van der Waals surface area contributed by atoms with Crippen molar-refractivity contribution in [2.24, 2.45) is 0 Å². The van der Waals surface area contributed by atoms with Crippen LogP contribution in [0.25, 0.3) is 0 Å². The van der Waals surface area contributed by atoms with Crippen LogP contribution in [0, 0.1) is 0 Å². The zero-order chi connectivity index (χ0) is 35.3. The van der Waals surface area contributed by atoms with E-state index in [-0.39, 0.29) is 17.9 Å². The monoisotopic (exact) mass is 667 g/mol. The third kappa shape index (κ3) is 9.81. The summed E-state index contributed by atoms with van der Waals surface area (Å²) < 4.78 is 11.3. The number of amides is 5. The van der Waals surface area contributed by atoms with E-state index in [2.05, 4.69) is 10.6 Å². The van der Waals surface area contributed by atoms with Crippen LogP contribution >= 0.6 is 0 Å². The predicted molar refractivity (Wildman–Crippen MR) is 185 cm³/mol. The van der Waals surface area contributed by atoms with Crippen LogP contribution in [-0.4, -0.2) is 75.7 Å². The average molecular weight is 668 g/mol. The average Bonchev–Trinajstić information content (AvgIpc) is 3.11. The molecule has 0 fully saturated rings. The van der Waals surface area contributed by atoms with E-state index in [0.717, 1.165) is 0 Å². The quantitative estimate of drug-likeness (QED) is 0.181. The summed E-state index contributed by atoms with van der Waals surface area (Å²) in [6, 6.07) is 28.0. The van der Waals surface area contributed by atoms with Crippen molar-refractivity contribution in [2.45, 2.75) is 6.42 Å². The van der Waals surface area contributed by atoms with Gasteiger partial charge in [-0.15, -0.1) is 0 Å². The number of nitrogens with zero attached hydrogens (tertiary/aromatic N) is 3. The number of nitrogens with one attached hydrogen (secondary N) is 2. The van der Waals surface area contributed by atoms with E-state index in [1.165, 1.54) is 27.9 Å². The molecular weight excluding hydrogens is 630 g/mol. The summed E-state index contributed by atoms with van der Waals surface area (Å²) in [5.74, 6) is -1.83. The fraction of sp³-hybridized carbons (Fsp3) is 0.194. The highest BCUT2D eigenvalue weighted by Crippen LogP contribution is 2.30. The van der Waals surface area contributed by atoms with Crippen LogP contribution in [0.5, 0.6) is 11.5 Å². The molecule has 0 saturated heterocycles. The zero-order valence-corrected chi connectivity index (χ0v) is 27.3. The number of carboxylic acid groups (broad SMARTS) is 1. The van der Waals surface area contributed by atoms with Crippen molar-refractivity contribution >= 4 is 52.5 Å². The van der Waals surface area contributed by atoms with E-state index in [0.29, 0.717) is 28.4 Å². The Kier molecular flexibility index (Phi) is 12.3. The molecule has 0 unspecified atom stereocenters. The first-order chi connectivity index (χ1) is 23.6. The molecule has 13 nitrogen and oxygen atoms in total. The van der Waals surface area contributed by atoms with E-state index < -0.39 is 49.4 Å². The summed E-state index contributed by atoms with van der Waals surface area (Å²) in [5.41, 5.74) is 2.17. The number of hydrogen-bond acceptors (Lipinski definition) is 7. The molecule has 3 N–H and O–H groups in total. The molecule has 0 saturated carbocycles. The van der Waals surface area contributed by atoms with Gasteiger partial charge in [0.25, 0.3) is 5.91 Å². The van der Waals surface area contributed by atoms with E-state index in [9.17, 15) is 24.0 Å². The number of anilines is 4. The summed E-state index contributed by atoms with van der Waals surface area (Å²) in [5, 5.41) is 14.1. The molecule has 0 aliphatic carbocycles. The normalized spacial score (nSPS) is 10.3.